The summed E-state index contributed by atoms with van der Waals surface area (Å²) < 4.78 is 52.5. The fraction of sp³-hybridized carbons (Fsp3) is 0.714. The van der Waals surface area contributed by atoms with E-state index in [9.17, 15) is 16.8 Å². The average molecular weight is 292 g/mol. The molecule has 0 rings (SSSR count). The van der Waals surface area contributed by atoms with E-state index in [0.717, 1.165) is 6.42 Å². The maximum atomic E-state index is 9.37. The van der Waals surface area contributed by atoms with Gasteiger partial charge in [-0.05, 0) is 18.8 Å². The van der Waals surface area contributed by atoms with Gasteiger partial charge >= 0.3 is 18.3 Å². The van der Waals surface area contributed by atoms with Crippen molar-refractivity contribution < 1.29 is 36.2 Å². The molecule has 0 aliphatic rings. The van der Waals surface area contributed by atoms with Crippen LogP contribution in [0.3, 0.4) is 0 Å². The predicted molar refractivity (Wildman–Crippen MR) is 60.2 cm³/mol. The summed E-state index contributed by atoms with van der Waals surface area (Å²) in [5.74, 6) is 0.201. The number of allylic oxidation sites excluding steroid dienone is 1. The summed E-state index contributed by atoms with van der Waals surface area (Å²) in [5.41, 5.74) is 0. The highest BCUT2D eigenvalue weighted by atomic mass is 33.2. The zero-order chi connectivity index (χ0) is 14.1. The SMILES string of the molecule is C=CCC(CO)CCO.O=S(=O)(O)S(=O)(=O)O. The Bertz CT molecular complexity index is 366. The highest BCUT2D eigenvalue weighted by molar-refractivity contribution is 8.62. The third-order valence-corrected chi connectivity index (χ3v) is 3.69. The lowest BCUT2D eigenvalue weighted by Crippen LogP contribution is -2.11. The zero-order valence-electron chi connectivity index (χ0n) is 8.93. The molecular formula is C7H16O8S2. The lowest BCUT2D eigenvalue weighted by atomic mass is 10.0. The van der Waals surface area contributed by atoms with Crippen LogP contribution >= 0.6 is 0 Å². The van der Waals surface area contributed by atoms with Gasteiger partial charge in [-0.1, -0.05) is 6.08 Å². The van der Waals surface area contributed by atoms with Crippen LogP contribution in [0.1, 0.15) is 12.8 Å². The Hall–Kier alpha value is -0.520. The molecule has 8 nitrogen and oxygen atoms in total. The standard InChI is InChI=1S/C7H14O2.H2O6S2/c1-2-3-7(6-9)4-5-8;1-7(2,3)8(4,5)6/h2,7-9H,1,3-6H2;(H,1,2,3)(H,4,5,6). The van der Waals surface area contributed by atoms with E-state index in [2.05, 4.69) is 6.58 Å². The topological polar surface area (TPSA) is 149 Å². The molecule has 4 N–H and O–H groups in total. The first-order valence-corrected chi connectivity index (χ1v) is 7.77. The number of rotatable bonds is 6. The van der Waals surface area contributed by atoms with Crippen molar-refractivity contribution in [2.24, 2.45) is 5.92 Å². The second-order valence-electron chi connectivity index (χ2n) is 2.94. The molecule has 0 radical (unpaired) electrons. The van der Waals surface area contributed by atoms with Gasteiger partial charge in [0.15, 0.2) is 0 Å². The van der Waals surface area contributed by atoms with E-state index in [1.807, 2.05) is 0 Å². The molecule has 1 atom stereocenters. The van der Waals surface area contributed by atoms with Gasteiger partial charge in [0, 0.05) is 13.2 Å². The van der Waals surface area contributed by atoms with Gasteiger partial charge in [0.05, 0.1) is 0 Å². The molecule has 104 valence electrons. The van der Waals surface area contributed by atoms with Gasteiger partial charge in [0.2, 0.25) is 0 Å². The van der Waals surface area contributed by atoms with E-state index in [0.29, 0.717) is 6.42 Å². The van der Waals surface area contributed by atoms with Gasteiger partial charge in [-0.3, -0.25) is 9.11 Å². The van der Waals surface area contributed by atoms with Crippen molar-refractivity contribution >= 4 is 18.3 Å². The molecule has 0 amide bonds. The van der Waals surface area contributed by atoms with E-state index < -0.39 is 18.3 Å². The summed E-state index contributed by atoms with van der Waals surface area (Å²) in [6.07, 6.45) is 3.22. The Balaban J connectivity index is 0. The van der Waals surface area contributed by atoms with Gasteiger partial charge in [0.25, 0.3) is 0 Å². The maximum absolute atomic E-state index is 9.37. The van der Waals surface area contributed by atoms with Crippen LogP contribution in [-0.4, -0.2) is 49.4 Å². The van der Waals surface area contributed by atoms with Gasteiger partial charge in [0.1, 0.15) is 0 Å². The number of hydrogen-bond acceptors (Lipinski definition) is 6. The zero-order valence-corrected chi connectivity index (χ0v) is 10.6. The molecule has 0 aromatic rings. The van der Waals surface area contributed by atoms with Crippen molar-refractivity contribution in [3.8, 4) is 0 Å². The van der Waals surface area contributed by atoms with Crippen molar-refractivity contribution in [2.45, 2.75) is 12.8 Å². The highest BCUT2D eigenvalue weighted by Gasteiger charge is 2.22. The van der Waals surface area contributed by atoms with E-state index >= 15 is 0 Å². The van der Waals surface area contributed by atoms with Gasteiger partial charge in [-0.2, -0.15) is 16.8 Å². The van der Waals surface area contributed by atoms with Gasteiger partial charge < -0.3 is 10.2 Å². The molecule has 17 heavy (non-hydrogen) atoms. The van der Waals surface area contributed by atoms with E-state index in [4.69, 9.17) is 19.3 Å². The second-order valence-corrected chi connectivity index (χ2v) is 7.18. The average Bonchev–Trinajstić information content (AvgIpc) is 2.15. The smallest absolute Gasteiger partial charge is 0.396 e. The Kier molecular flexibility index (Phi) is 9.48. The first-order chi connectivity index (χ1) is 7.60. The van der Waals surface area contributed by atoms with E-state index in [1.165, 1.54) is 0 Å². The summed E-state index contributed by atoms with van der Waals surface area (Å²) in [7, 11) is -10.6. The second kappa shape index (κ2) is 8.55. The largest absolute Gasteiger partial charge is 0.397 e. The van der Waals surface area contributed by atoms with Crippen molar-refractivity contribution in [3.63, 3.8) is 0 Å². The van der Waals surface area contributed by atoms with E-state index in [-0.39, 0.29) is 19.1 Å². The molecule has 0 spiro atoms. The van der Waals surface area contributed by atoms with Crippen molar-refractivity contribution in [1.82, 2.24) is 0 Å². The lowest BCUT2D eigenvalue weighted by molar-refractivity contribution is 0.185. The molecular weight excluding hydrogens is 276 g/mol. The van der Waals surface area contributed by atoms with Crippen molar-refractivity contribution in [2.75, 3.05) is 13.2 Å². The Morgan fingerprint density at radius 2 is 1.47 bits per heavy atom. The Morgan fingerprint density at radius 3 is 1.65 bits per heavy atom. The predicted octanol–water partition coefficient (Wildman–Crippen LogP) is -0.770. The highest BCUT2D eigenvalue weighted by Crippen LogP contribution is 2.06. The molecule has 0 aliphatic carbocycles. The molecule has 0 aromatic heterocycles. The summed E-state index contributed by atoms with van der Waals surface area (Å²) in [4.78, 5) is 0. The fourth-order valence-corrected chi connectivity index (χ4v) is 0.702. The van der Waals surface area contributed by atoms with Crippen LogP contribution in [0.5, 0.6) is 0 Å². The normalized spacial score (nSPS) is 13.4. The number of hydrogen-bond donors (Lipinski definition) is 4. The molecule has 10 heteroatoms. The first kappa shape index (κ1) is 18.8. The molecule has 1 unspecified atom stereocenters. The molecule has 0 aromatic carbocycles. The molecule has 0 aliphatic heterocycles. The van der Waals surface area contributed by atoms with Crippen LogP contribution in [0.2, 0.25) is 0 Å². The van der Waals surface area contributed by atoms with Crippen LogP contribution in [0.25, 0.3) is 0 Å². The van der Waals surface area contributed by atoms with Crippen LogP contribution < -0.4 is 0 Å². The summed E-state index contributed by atoms with van der Waals surface area (Å²) in [6.45, 7) is 3.84. The molecule has 0 fully saturated rings. The third kappa shape index (κ3) is 10.4. The Morgan fingerprint density at radius 1 is 1.06 bits per heavy atom. The first-order valence-electron chi connectivity index (χ1n) is 4.37. The minimum Gasteiger partial charge on any atom is -0.396 e. The van der Waals surface area contributed by atoms with Crippen LogP contribution in [0, 0.1) is 5.92 Å². The molecule has 0 bridgehead atoms. The van der Waals surface area contributed by atoms with E-state index in [1.54, 1.807) is 6.08 Å². The van der Waals surface area contributed by atoms with Crippen LogP contribution in [-0.2, 0) is 18.3 Å². The van der Waals surface area contributed by atoms with Crippen molar-refractivity contribution in [1.29, 1.82) is 0 Å². The van der Waals surface area contributed by atoms with Gasteiger partial charge in [-0.25, -0.2) is 0 Å². The van der Waals surface area contributed by atoms with Crippen molar-refractivity contribution in [3.05, 3.63) is 12.7 Å². The summed E-state index contributed by atoms with van der Waals surface area (Å²) >= 11 is 0. The summed E-state index contributed by atoms with van der Waals surface area (Å²) in [6, 6.07) is 0. The molecule has 0 saturated heterocycles. The summed E-state index contributed by atoms with van der Waals surface area (Å²) in [5, 5.41) is 17.1. The maximum Gasteiger partial charge on any atom is 0.397 e. The minimum atomic E-state index is -5.31. The number of aliphatic hydroxyl groups excluding tert-OH is 2. The fourth-order valence-electron chi connectivity index (χ4n) is 0.702. The van der Waals surface area contributed by atoms with Crippen LogP contribution in [0.15, 0.2) is 12.7 Å². The number of aliphatic hydroxyl groups is 2. The molecule has 0 heterocycles. The third-order valence-electron chi connectivity index (χ3n) is 1.56. The molecule has 0 saturated carbocycles. The minimum absolute atomic E-state index is 0.145. The van der Waals surface area contributed by atoms with Crippen LogP contribution in [0.4, 0.5) is 0 Å². The quantitative estimate of drug-likeness (QED) is 0.283. The van der Waals surface area contributed by atoms with Gasteiger partial charge in [-0.15, -0.1) is 6.58 Å². The monoisotopic (exact) mass is 292 g/mol. The Labute approximate surface area is 99.5 Å². The lowest BCUT2D eigenvalue weighted by Gasteiger charge is -2.07.